The predicted octanol–water partition coefficient (Wildman–Crippen LogP) is 6.13. The van der Waals surface area contributed by atoms with Gasteiger partial charge in [-0.15, -0.1) is 0 Å². The summed E-state index contributed by atoms with van der Waals surface area (Å²) >= 11 is 0. The highest BCUT2D eigenvalue weighted by Crippen LogP contribution is 2.56. The van der Waals surface area contributed by atoms with Gasteiger partial charge in [0.1, 0.15) is 5.78 Å². The summed E-state index contributed by atoms with van der Waals surface area (Å²) in [4.78, 5) is 16.5. The van der Waals surface area contributed by atoms with E-state index in [2.05, 4.69) is 11.6 Å². The standard InChI is InChI=1S/C19H27F4NO/c1-6-7-16(12(2)3)17(24-13(4)5)9-8-15(25)10-14-11-18(20,21)19(14,22)23/h14H,2,6-11H2,1,3-5H3/b17-16-. The van der Waals surface area contributed by atoms with E-state index in [4.69, 9.17) is 0 Å². The van der Waals surface area contributed by atoms with Crippen molar-refractivity contribution in [1.29, 1.82) is 0 Å². The Bertz CT molecular complexity index is 586. The Hall–Kier alpha value is -1.46. The SMILES string of the molecule is C=C(C)/C(CCC)=C(/CCC(=O)CC1CC(F)(F)C1(F)F)N=C(C)C. The zero-order valence-corrected chi connectivity index (χ0v) is 15.4. The number of aliphatic imine (C=N–C) groups is 1. The first kappa shape index (κ1) is 21.6. The normalized spacial score (nSPS) is 21.8. The first-order valence-corrected chi connectivity index (χ1v) is 8.59. The van der Waals surface area contributed by atoms with Gasteiger partial charge in [-0.1, -0.05) is 25.5 Å². The van der Waals surface area contributed by atoms with Crippen molar-refractivity contribution in [2.45, 2.75) is 78.1 Å². The molecule has 0 N–H and O–H groups in total. The molecule has 0 aromatic carbocycles. The maximum absolute atomic E-state index is 13.3. The highest BCUT2D eigenvalue weighted by atomic mass is 19.3. The highest BCUT2D eigenvalue weighted by molar-refractivity contribution is 5.81. The van der Waals surface area contributed by atoms with Crippen molar-refractivity contribution in [2.24, 2.45) is 10.9 Å². The fraction of sp³-hybridized carbons (Fsp3) is 0.684. The Morgan fingerprint density at radius 3 is 2.12 bits per heavy atom. The van der Waals surface area contributed by atoms with Gasteiger partial charge >= 0.3 is 11.8 Å². The molecule has 0 bridgehead atoms. The second-order valence-corrected chi connectivity index (χ2v) is 6.99. The molecule has 1 fully saturated rings. The second-order valence-electron chi connectivity index (χ2n) is 6.99. The maximum atomic E-state index is 13.3. The summed E-state index contributed by atoms with van der Waals surface area (Å²) in [5.41, 5.74) is 3.38. The number of ketones is 1. The molecule has 0 spiro atoms. The van der Waals surface area contributed by atoms with Crippen molar-refractivity contribution in [1.82, 2.24) is 0 Å². The molecule has 0 saturated heterocycles. The van der Waals surface area contributed by atoms with Gasteiger partial charge in [-0.2, -0.15) is 17.6 Å². The van der Waals surface area contributed by atoms with Crippen LogP contribution in [0.1, 0.15) is 66.2 Å². The number of allylic oxidation sites excluding steroid dienone is 3. The number of halogens is 4. The molecule has 1 aliphatic rings. The molecular formula is C19H27F4NO. The fourth-order valence-electron chi connectivity index (χ4n) is 2.97. The number of carbonyl (C=O) groups is 1. The van der Waals surface area contributed by atoms with Crippen LogP contribution in [0.25, 0.3) is 0 Å². The lowest BCUT2D eigenvalue weighted by Crippen LogP contribution is -2.59. The van der Waals surface area contributed by atoms with Crippen LogP contribution < -0.4 is 0 Å². The molecule has 1 atom stereocenters. The van der Waals surface area contributed by atoms with E-state index < -0.39 is 36.4 Å². The number of carbonyl (C=O) groups excluding carboxylic acids is 1. The van der Waals surface area contributed by atoms with E-state index in [0.717, 1.165) is 35.4 Å². The average molecular weight is 361 g/mol. The highest BCUT2D eigenvalue weighted by Gasteiger charge is 2.71. The van der Waals surface area contributed by atoms with Gasteiger partial charge in [-0.3, -0.25) is 9.79 Å². The number of hydrogen-bond acceptors (Lipinski definition) is 2. The molecule has 0 aliphatic heterocycles. The molecule has 0 amide bonds. The topological polar surface area (TPSA) is 29.4 Å². The number of rotatable bonds is 9. The monoisotopic (exact) mass is 361 g/mol. The molecular weight excluding hydrogens is 334 g/mol. The lowest BCUT2D eigenvalue weighted by Gasteiger charge is -2.43. The molecule has 1 aliphatic carbocycles. The molecule has 0 aromatic rings. The van der Waals surface area contributed by atoms with Crippen LogP contribution in [0.2, 0.25) is 0 Å². The van der Waals surface area contributed by atoms with Crippen LogP contribution in [-0.2, 0) is 4.79 Å². The predicted molar refractivity (Wildman–Crippen MR) is 92.4 cm³/mol. The summed E-state index contributed by atoms with van der Waals surface area (Å²) in [7, 11) is 0. The Balaban J connectivity index is 2.78. The molecule has 0 heterocycles. The molecule has 1 unspecified atom stereocenters. The number of Topliss-reactive ketones (excluding diaryl/α,β-unsaturated/α-hetero) is 1. The van der Waals surface area contributed by atoms with Crippen molar-refractivity contribution in [3.63, 3.8) is 0 Å². The fourth-order valence-corrected chi connectivity index (χ4v) is 2.97. The lowest BCUT2D eigenvalue weighted by atomic mass is 9.73. The van der Waals surface area contributed by atoms with Gasteiger partial charge in [0.05, 0.1) is 0 Å². The van der Waals surface area contributed by atoms with Crippen LogP contribution in [0.15, 0.2) is 28.4 Å². The van der Waals surface area contributed by atoms with E-state index in [1.54, 1.807) is 0 Å². The molecule has 0 radical (unpaired) electrons. The first-order valence-electron chi connectivity index (χ1n) is 8.59. The van der Waals surface area contributed by atoms with E-state index in [9.17, 15) is 22.4 Å². The third kappa shape index (κ3) is 5.25. The second kappa shape index (κ2) is 8.28. The van der Waals surface area contributed by atoms with Gasteiger partial charge in [0.25, 0.3) is 0 Å². The third-order valence-corrected chi connectivity index (χ3v) is 4.34. The van der Waals surface area contributed by atoms with Gasteiger partial charge in [-0.25, -0.2) is 0 Å². The number of nitrogens with zero attached hydrogens (tertiary/aromatic N) is 1. The summed E-state index contributed by atoms with van der Waals surface area (Å²) in [5.74, 6) is -10.1. The summed E-state index contributed by atoms with van der Waals surface area (Å²) in [6.07, 6.45) is 0.546. The Morgan fingerprint density at radius 2 is 1.72 bits per heavy atom. The minimum Gasteiger partial charge on any atom is -0.300 e. The van der Waals surface area contributed by atoms with Crippen LogP contribution in [0.3, 0.4) is 0 Å². The van der Waals surface area contributed by atoms with Crippen LogP contribution in [0, 0.1) is 5.92 Å². The molecule has 2 nitrogen and oxygen atoms in total. The van der Waals surface area contributed by atoms with Crippen molar-refractivity contribution >= 4 is 11.5 Å². The smallest absolute Gasteiger partial charge is 0.300 e. The van der Waals surface area contributed by atoms with Crippen molar-refractivity contribution in [3.8, 4) is 0 Å². The van der Waals surface area contributed by atoms with Crippen molar-refractivity contribution in [3.05, 3.63) is 23.4 Å². The van der Waals surface area contributed by atoms with Gasteiger partial charge in [-0.05, 0) is 39.2 Å². The zero-order chi connectivity index (χ0) is 19.4. The van der Waals surface area contributed by atoms with Gasteiger partial charge in [0, 0.05) is 36.6 Å². The summed E-state index contributed by atoms with van der Waals surface area (Å²) in [6, 6.07) is 0. The van der Waals surface area contributed by atoms with E-state index in [1.807, 2.05) is 27.7 Å². The van der Waals surface area contributed by atoms with Crippen molar-refractivity contribution in [2.75, 3.05) is 0 Å². The lowest BCUT2D eigenvalue weighted by molar-refractivity contribution is -0.313. The van der Waals surface area contributed by atoms with Crippen LogP contribution in [0.4, 0.5) is 17.6 Å². The van der Waals surface area contributed by atoms with E-state index in [0.29, 0.717) is 6.42 Å². The summed E-state index contributed by atoms with van der Waals surface area (Å²) in [5, 5.41) is 0. The third-order valence-electron chi connectivity index (χ3n) is 4.34. The largest absolute Gasteiger partial charge is 0.313 e. The van der Waals surface area contributed by atoms with Gasteiger partial charge < -0.3 is 0 Å². The van der Waals surface area contributed by atoms with E-state index in [1.165, 1.54) is 0 Å². The molecule has 1 saturated carbocycles. The van der Waals surface area contributed by atoms with Gasteiger partial charge in [0.2, 0.25) is 0 Å². The van der Waals surface area contributed by atoms with E-state index >= 15 is 0 Å². The van der Waals surface area contributed by atoms with Gasteiger partial charge in [0.15, 0.2) is 0 Å². The summed E-state index contributed by atoms with van der Waals surface area (Å²) < 4.78 is 52.3. The summed E-state index contributed by atoms with van der Waals surface area (Å²) in [6.45, 7) is 11.5. The quantitative estimate of drug-likeness (QED) is 0.276. The minimum atomic E-state index is -4.08. The first-order chi connectivity index (χ1) is 11.4. The minimum absolute atomic E-state index is 0.0186. The Kier molecular flexibility index (Phi) is 7.15. The Labute approximate surface area is 147 Å². The van der Waals surface area contributed by atoms with Crippen LogP contribution in [0.5, 0.6) is 0 Å². The van der Waals surface area contributed by atoms with Crippen LogP contribution >= 0.6 is 0 Å². The number of hydrogen-bond donors (Lipinski definition) is 0. The maximum Gasteiger partial charge on any atom is 0.313 e. The zero-order valence-electron chi connectivity index (χ0n) is 15.4. The average Bonchev–Trinajstić information content (AvgIpc) is 2.47. The van der Waals surface area contributed by atoms with Crippen LogP contribution in [-0.4, -0.2) is 23.3 Å². The van der Waals surface area contributed by atoms with E-state index in [-0.39, 0.29) is 6.42 Å². The molecule has 25 heavy (non-hydrogen) atoms. The molecule has 142 valence electrons. The van der Waals surface area contributed by atoms with Crippen molar-refractivity contribution < 1.29 is 22.4 Å². The molecule has 6 heteroatoms. The molecule has 1 rings (SSSR count). The number of alkyl halides is 4. The Morgan fingerprint density at radius 1 is 1.12 bits per heavy atom. The molecule has 0 aromatic heterocycles.